The van der Waals surface area contributed by atoms with Crippen molar-refractivity contribution in [3.63, 3.8) is 0 Å². The van der Waals surface area contributed by atoms with Crippen LogP contribution in [-0.4, -0.2) is 72.6 Å². The molecule has 0 atom stereocenters. The molecule has 1 fully saturated rings. The molecule has 28 heavy (non-hydrogen) atoms. The van der Waals surface area contributed by atoms with E-state index in [0.29, 0.717) is 6.54 Å². The number of aliphatic imine (C=N–C) groups is 1. The predicted octanol–water partition coefficient (Wildman–Crippen LogP) is 2.00. The minimum atomic E-state index is 0. The van der Waals surface area contributed by atoms with Gasteiger partial charge in [-0.15, -0.1) is 24.0 Å². The summed E-state index contributed by atoms with van der Waals surface area (Å²) in [5, 5.41) is 3.43. The lowest BCUT2D eigenvalue weighted by atomic mass is 10.2. The zero-order valence-electron chi connectivity index (χ0n) is 17.3. The summed E-state index contributed by atoms with van der Waals surface area (Å²) in [7, 11) is 8.10. The average Bonchev–Trinajstić information content (AvgIpc) is 3.08. The maximum Gasteiger partial charge on any atom is 0.194 e. The van der Waals surface area contributed by atoms with Crippen LogP contribution in [-0.2, 0) is 20.1 Å². The van der Waals surface area contributed by atoms with Gasteiger partial charge in [0, 0.05) is 72.0 Å². The van der Waals surface area contributed by atoms with E-state index in [2.05, 4.69) is 86.2 Å². The Labute approximate surface area is 185 Å². The Morgan fingerprint density at radius 3 is 2.50 bits per heavy atom. The standard InChI is InChI=1S/C20H31N7.HI/c1-21-20(26(4)16-18-6-5-9-25(18)3)23-15-17-7-8-19(22-14-17)27-12-10-24(2)11-13-27;/h5-9,14H,10-13,15-16H2,1-4H3,(H,21,23);1H. The molecule has 3 rings (SSSR count). The third-order valence-electron chi connectivity index (χ3n) is 5.11. The van der Waals surface area contributed by atoms with E-state index in [4.69, 9.17) is 0 Å². The molecule has 2 aromatic rings. The molecule has 0 saturated carbocycles. The summed E-state index contributed by atoms with van der Waals surface area (Å²) in [6.07, 6.45) is 4.03. The van der Waals surface area contributed by atoms with Gasteiger partial charge < -0.3 is 24.6 Å². The van der Waals surface area contributed by atoms with Crippen molar-refractivity contribution >= 4 is 35.8 Å². The quantitative estimate of drug-likeness (QED) is 0.389. The van der Waals surface area contributed by atoms with Gasteiger partial charge >= 0.3 is 0 Å². The number of aryl methyl sites for hydroxylation is 1. The molecule has 1 aliphatic rings. The normalized spacial score (nSPS) is 15.3. The van der Waals surface area contributed by atoms with Gasteiger partial charge in [0.25, 0.3) is 0 Å². The molecule has 0 radical (unpaired) electrons. The van der Waals surface area contributed by atoms with E-state index in [0.717, 1.165) is 50.1 Å². The first-order valence-corrected chi connectivity index (χ1v) is 9.47. The Balaban J connectivity index is 0.00000280. The average molecular weight is 497 g/mol. The molecule has 7 nitrogen and oxygen atoms in total. The molecule has 1 saturated heterocycles. The Morgan fingerprint density at radius 1 is 1.18 bits per heavy atom. The SMILES string of the molecule is CN=C(NCc1ccc(N2CCN(C)CC2)nc1)N(C)Cc1cccn1C.I. The van der Waals surface area contributed by atoms with E-state index in [9.17, 15) is 0 Å². The number of aromatic nitrogens is 2. The lowest BCUT2D eigenvalue weighted by molar-refractivity contribution is 0.312. The van der Waals surface area contributed by atoms with Crippen molar-refractivity contribution in [3.8, 4) is 0 Å². The number of likely N-dealkylation sites (N-methyl/N-ethyl adjacent to an activating group) is 1. The van der Waals surface area contributed by atoms with Crippen LogP contribution in [0, 0.1) is 0 Å². The molecular formula is C20H32IN7. The minimum absolute atomic E-state index is 0. The molecule has 1 aliphatic heterocycles. The molecule has 154 valence electrons. The summed E-state index contributed by atoms with van der Waals surface area (Å²) >= 11 is 0. The highest BCUT2D eigenvalue weighted by Crippen LogP contribution is 2.13. The van der Waals surface area contributed by atoms with E-state index < -0.39 is 0 Å². The minimum Gasteiger partial charge on any atom is -0.354 e. The van der Waals surface area contributed by atoms with Crippen molar-refractivity contribution in [2.75, 3.05) is 52.2 Å². The number of hydrogen-bond donors (Lipinski definition) is 1. The fraction of sp³-hybridized carbons (Fsp3) is 0.500. The fourth-order valence-corrected chi connectivity index (χ4v) is 3.29. The zero-order chi connectivity index (χ0) is 19.2. The van der Waals surface area contributed by atoms with Crippen LogP contribution < -0.4 is 10.2 Å². The monoisotopic (exact) mass is 497 g/mol. The number of guanidine groups is 1. The van der Waals surface area contributed by atoms with Gasteiger partial charge in [0.05, 0.1) is 6.54 Å². The van der Waals surface area contributed by atoms with Gasteiger partial charge in [-0.3, -0.25) is 4.99 Å². The lowest BCUT2D eigenvalue weighted by Crippen LogP contribution is -2.44. The van der Waals surface area contributed by atoms with Gasteiger partial charge in [-0.25, -0.2) is 4.98 Å². The summed E-state index contributed by atoms with van der Waals surface area (Å²) in [6, 6.07) is 8.47. The van der Waals surface area contributed by atoms with Crippen molar-refractivity contribution in [1.82, 2.24) is 24.7 Å². The Morgan fingerprint density at radius 2 is 1.93 bits per heavy atom. The molecule has 0 amide bonds. The van der Waals surface area contributed by atoms with Crippen LogP contribution in [0.5, 0.6) is 0 Å². The second-order valence-electron chi connectivity index (χ2n) is 7.18. The van der Waals surface area contributed by atoms with Gasteiger partial charge in [-0.2, -0.15) is 0 Å². The molecule has 0 bridgehead atoms. The molecule has 1 N–H and O–H groups in total. The van der Waals surface area contributed by atoms with E-state index in [-0.39, 0.29) is 24.0 Å². The van der Waals surface area contributed by atoms with Crippen LogP contribution >= 0.6 is 24.0 Å². The van der Waals surface area contributed by atoms with Gasteiger partial charge in [0.1, 0.15) is 5.82 Å². The Bertz CT molecular complexity index is 748. The number of hydrogen-bond acceptors (Lipinski definition) is 4. The first-order chi connectivity index (χ1) is 13.1. The lowest BCUT2D eigenvalue weighted by Gasteiger charge is -2.33. The van der Waals surface area contributed by atoms with Crippen LogP contribution in [0.4, 0.5) is 5.82 Å². The molecule has 0 unspecified atom stereocenters. The van der Waals surface area contributed by atoms with Crippen LogP contribution in [0.3, 0.4) is 0 Å². The molecule has 0 spiro atoms. The third kappa shape index (κ3) is 5.84. The van der Waals surface area contributed by atoms with E-state index >= 15 is 0 Å². The first kappa shape index (κ1) is 22.5. The van der Waals surface area contributed by atoms with Crippen molar-refractivity contribution in [3.05, 3.63) is 47.9 Å². The van der Waals surface area contributed by atoms with Crippen LogP contribution in [0.25, 0.3) is 0 Å². The van der Waals surface area contributed by atoms with Crippen molar-refractivity contribution in [1.29, 1.82) is 0 Å². The fourth-order valence-electron chi connectivity index (χ4n) is 3.29. The summed E-state index contributed by atoms with van der Waals surface area (Å²) in [4.78, 5) is 15.9. The topological polar surface area (TPSA) is 51.9 Å². The van der Waals surface area contributed by atoms with Gasteiger partial charge in [0.2, 0.25) is 0 Å². The molecule has 2 aromatic heterocycles. The van der Waals surface area contributed by atoms with Crippen molar-refractivity contribution < 1.29 is 0 Å². The summed E-state index contributed by atoms with van der Waals surface area (Å²) in [5.74, 6) is 1.94. The maximum absolute atomic E-state index is 4.66. The number of rotatable bonds is 5. The Hall–Kier alpha value is -1.81. The van der Waals surface area contributed by atoms with E-state index in [1.165, 1.54) is 5.69 Å². The smallest absolute Gasteiger partial charge is 0.194 e. The van der Waals surface area contributed by atoms with Gasteiger partial charge in [-0.1, -0.05) is 6.07 Å². The van der Waals surface area contributed by atoms with E-state index in [1.54, 1.807) is 0 Å². The molecule has 8 heteroatoms. The highest BCUT2D eigenvalue weighted by atomic mass is 127. The summed E-state index contributed by atoms with van der Waals surface area (Å²) in [5.41, 5.74) is 2.40. The van der Waals surface area contributed by atoms with Crippen molar-refractivity contribution in [2.24, 2.45) is 12.0 Å². The maximum atomic E-state index is 4.66. The van der Waals surface area contributed by atoms with Crippen LogP contribution in [0.2, 0.25) is 0 Å². The molecule has 0 aromatic carbocycles. The number of pyridine rings is 1. The molecular weight excluding hydrogens is 465 g/mol. The largest absolute Gasteiger partial charge is 0.354 e. The highest BCUT2D eigenvalue weighted by molar-refractivity contribution is 14.0. The number of nitrogens with one attached hydrogen (secondary N) is 1. The zero-order valence-corrected chi connectivity index (χ0v) is 19.6. The number of halogens is 1. The predicted molar refractivity (Wildman–Crippen MR) is 126 cm³/mol. The Kier molecular flexibility index (Phi) is 8.56. The molecule has 0 aliphatic carbocycles. The number of nitrogens with zero attached hydrogens (tertiary/aromatic N) is 6. The first-order valence-electron chi connectivity index (χ1n) is 9.47. The highest BCUT2D eigenvalue weighted by Gasteiger charge is 2.15. The van der Waals surface area contributed by atoms with Crippen LogP contribution in [0.1, 0.15) is 11.3 Å². The van der Waals surface area contributed by atoms with E-state index in [1.807, 2.05) is 13.2 Å². The second-order valence-corrected chi connectivity index (χ2v) is 7.18. The number of anilines is 1. The van der Waals surface area contributed by atoms with Crippen molar-refractivity contribution in [2.45, 2.75) is 13.1 Å². The number of piperazine rings is 1. The van der Waals surface area contributed by atoms with Crippen LogP contribution in [0.15, 0.2) is 41.7 Å². The second kappa shape index (κ2) is 10.7. The molecule has 3 heterocycles. The third-order valence-corrected chi connectivity index (χ3v) is 5.11. The summed E-state index contributed by atoms with van der Waals surface area (Å²) in [6.45, 7) is 5.78. The van der Waals surface area contributed by atoms with Gasteiger partial charge in [0.15, 0.2) is 5.96 Å². The summed E-state index contributed by atoms with van der Waals surface area (Å²) < 4.78 is 2.13. The van der Waals surface area contributed by atoms with Gasteiger partial charge in [-0.05, 0) is 30.8 Å².